The zero-order valence-electron chi connectivity index (χ0n) is 8.71. The van der Waals surface area contributed by atoms with Crippen molar-refractivity contribution in [3.05, 3.63) is 0 Å². The van der Waals surface area contributed by atoms with Gasteiger partial charge in [-0.15, -0.1) is 0 Å². The third-order valence-corrected chi connectivity index (χ3v) is 1.80. The molecule has 0 unspecified atom stereocenters. The third kappa shape index (κ3) is 4.71. The Morgan fingerprint density at radius 2 is 1.88 bits per heavy atom. The number of aliphatic carboxylic acids is 1. The fraction of sp³-hybridized carbons (Fsp3) is 0.625. The summed E-state index contributed by atoms with van der Waals surface area (Å²) in [6.45, 7) is 1.21. The van der Waals surface area contributed by atoms with Gasteiger partial charge in [0.15, 0.2) is 6.04 Å². The van der Waals surface area contributed by atoms with Gasteiger partial charge in [0.25, 0.3) is 0 Å². The van der Waals surface area contributed by atoms with Gasteiger partial charge in [0.1, 0.15) is 0 Å². The van der Waals surface area contributed by atoms with Crippen molar-refractivity contribution in [2.24, 2.45) is 11.5 Å². The van der Waals surface area contributed by atoms with Gasteiger partial charge in [-0.05, 0) is 6.92 Å². The molecule has 0 fully saturated rings. The molecule has 0 aliphatic rings. The van der Waals surface area contributed by atoms with Crippen molar-refractivity contribution in [1.29, 1.82) is 0 Å². The van der Waals surface area contributed by atoms with Crippen LogP contribution in [0.25, 0.3) is 0 Å². The van der Waals surface area contributed by atoms with E-state index >= 15 is 0 Å². The summed E-state index contributed by atoms with van der Waals surface area (Å²) in [5, 5.41) is 19.7. The second-order valence-corrected chi connectivity index (χ2v) is 3.34. The normalized spacial score (nSPS) is 15.9. The molecule has 0 bridgehead atoms. The molecule has 0 heterocycles. The molecule has 92 valence electrons. The SMILES string of the molecule is C[C@@H](O)[C@H](NC(=O)[C@@H](N)CC(N)=O)C(=O)O. The minimum Gasteiger partial charge on any atom is -0.480 e. The first-order valence-electron chi connectivity index (χ1n) is 4.50. The van der Waals surface area contributed by atoms with Gasteiger partial charge in [-0.25, -0.2) is 4.79 Å². The summed E-state index contributed by atoms with van der Waals surface area (Å²) in [4.78, 5) is 32.4. The van der Waals surface area contributed by atoms with Gasteiger partial charge in [0.05, 0.1) is 18.6 Å². The van der Waals surface area contributed by atoms with Gasteiger partial charge in [-0.3, -0.25) is 9.59 Å². The smallest absolute Gasteiger partial charge is 0.328 e. The second kappa shape index (κ2) is 6.03. The van der Waals surface area contributed by atoms with Gasteiger partial charge < -0.3 is 27.0 Å². The van der Waals surface area contributed by atoms with E-state index in [4.69, 9.17) is 21.7 Å². The molecule has 0 aromatic rings. The number of aliphatic hydroxyl groups excluding tert-OH is 1. The molecule has 0 aromatic carbocycles. The van der Waals surface area contributed by atoms with E-state index in [0.29, 0.717) is 0 Å². The Labute approximate surface area is 91.6 Å². The molecule has 8 nitrogen and oxygen atoms in total. The maximum atomic E-state index is 11.3. The fourth-order valence-corrected chi connectivity index (χ4v) is 0.958. The molecular weight excluding hydrogens is 218 g/mol. The van der Waals surface area contributed by atoms with Crippen LogP contribution in [-0.4, -0.2) is 46.2 Å². The lowest BCUT2D eigenvalue weighted by molar-refractivity contribution is -0.145. The summed E-state index contributed by atoms with van der Waals surface area (Å²) in [6, 6.07) is -2.69. The van der Waals surface area contributed by atoms with E-state index in [-0.39, 0.29) is 0 Å². The topological polar surface area (TPSA) is 156 Å². The number of hydrogen-bond acceptors (Lipinski definition) is 5. The first-order chi connectivity index (χ1) is 7.25. The number of aliphatic hydroxyl groups is 1. The summed E-state index contributed by atoms with van der Waals surface area (Å²) in [6.07, 6.45) is -1.67. The van der Waals surface area contributed by atoms with Crippen LogP contribution in [0.4, 0.5) is 0 Å². The van der Waals surface area contributed by atoms with Crippen LogP contribution in [0.15, 0.2) is 0 Å². The molecule has 0 saturated heterocycles. The number of primary amides is 1. The average Bonchev–Trinajstić information content (AvgIpc) is 2.11. The fourth-order valence-electron chi connectivity index (χ4n) is 0.958. The van der Waals surface area contributed by atoms with E-state index in [1.54, 1.807) is 0 Å². The summed E-state index contributed by atoms with van der Waals surface area (Å²) < 4.78 is 0. The van der Waals surface area contributed by atoms with Crippen molar-refractivity contribution in [1.82, 2.24) is 5.32 Å². The standard InChI is InChI=1S/C8H15N3O5/c1-3(12)6(8(15)16)11-7(14)4(9)2-5(10)13/h3-4,6,12H,2,9H2,1H3,(H2,10,13)(H,11,14)(H,15,16)/t3-,4+,6+/m1/s1. The Morgan fingerprint density at radius 3 is 2.19 bits per heavy atom. The minimum atomic E-state index is -1.47. The van der Waals surface area contributed by atoms with Crippen molar-refractivity contribution in [3.8, 4) is 0 Å². The number of rotatable bonds is 6. The molecule has 8 heteroatoms. The molecule has 16 heavy (non-hydrogen) atoms. The highest BCUT2D eigenvalue weighted by Gasteiger charge is 2.27. The van der Waals surface area contributed by atoms with Gasteiger partial charge in [0.2, 0.25) is 11.8 Å². The first kappa shape index (κ1) is 14.3. The van der Waals surface area contributed by atoms with Crippen molar-refractivity contribution >= 4 is 17.8 Å². The lowest BCUT2D eigenvalue weighted by Gasteiger charge is -2.19. The number of carbonyl (C=O) groups excluding carboxylic acids is 2. The molecule has 0 rings (SSSR count). The van der Waals surface area contributed by atoms with Crippen LogP contribution in [0.2, 0.25) is 0 Å². The molecular formula is C8H15N3O5. The second-order valence-electron chi connectivity index (χ2n) is 3.34. The Morgan fingerprint density at radius 1 is 1.38 bits per heavy atom. The van der Waals surface area contributed by atoms with E-state index in [1.807, 2.05) is 5.32 Å². The highest BCUT2D eigenvalue weighted by atomic mass is 16.4. The number of amides is 2. The quantitative estimate of drug-likeness (QED) is 0.332. The lowest BCUT2D eigenvalue weighted by Crippen LogP contribution is -2.53. The number of carbonyl (C=O) groups is 3. The maximum absolute atomic E-state index is 11.3. The number of nitrogens with two attached hydrogens (primary N) is 2. The molecule has 0 radical (unpaired) electrons. The molecule has 2 amide bonds. The Kier molecular flexibility index (Phi) is 5.40. The third-order valence-electron chi connectivity index (χ3n) is 1.80. The summed E-state index contributed by atoms with van der Waals surface area (Å²) in [5.41, 5.74) is 10.1. The lowest BCUT2D eigenvalue weighted by atomic mass is 10.1. The van der Waals surface area contributed by atoms with Crippen LogP contribution in [0, 0.1) is 0 Å². The van der Waals surface area contributed by atoms with Crippen molar-refractivity contribution in [3.63, 3.8) is 0 Å². The van der Waals surface area contributed by atoms with Crippen LogP contribution in [0.5, 0.6) is 0 Å². The van der Waals surface area contributed by atoms with Crippen LogP contribution in [0.1, 0.15) is 13.3 Å². The van der Waals surface area contributed by atoms with Crippen molar-refractivity contribution in [2.45, 2.75) is 31.5 Å². The van der Waals surface area contributed by atoms with Crippen molar-refractivity contribution < 1.29 is 24.6 Å². The largest absolute Gasteiger partial charge is 0.480 e. The Balaban J connectivity index is 4.40. The summed E-state index contributed by atoms with van der Waals surface area (Å²) in [5.74, 6) is -3.02. The van der Waals surface area contributed by atoms with Crippen LogP contribution in [0.3, 0.4) is 0 Å². The van der Waals surface area contributed by atoms with E-state index in [0.717, 1.165) is 0 Å². The van der Waals surface area contributed by atoms with Gasteiger partial charge in [0, 0.05) is 0 Å². The molecule has 0 spiro atoms. The Bertz CT molecular complexity index is 291. The number of hydrogen-bond donors (Lipinski definition) is 5. The summed E-state index contributed by atoms with van der Waals surface area (Å²) in [7, 11) is 0. The highest BCUT2D eigenvalue weighted by Crippen LogP contribution is 1.95. The maximum Gasteiger partial charge on any atom is 0.328 e. The van der Waals surface area contributed by atoms with Crippen LogP contribution in [-0.2, 0) is 14.4 Å². The average molecular weight is 233 g/mol. The summed E-state index contributed by atoms with van der Waals surface area (Å²) >= 11 is 0. The number of carboxylic acids is 1. The van der Waals surface area contributed by atoms with Crippen molar-refractivity contribution in [2.75, 3.05) is 0 Å². The molecule has 0 aliphatic heterocycles. The number of nitrogens with one attached hydrogen (secondary N) is 1. The molecule has 3 atom stereocenters. The van der Waals surface area contributed by atoms with Gasteiger partial charge in [-0.1, -0.05) is 0 Å². The van der Waals surface area contributed by atoms with E-state index in [1.165, 1.54) is 6.92 Å². The predicted molar refractivity (Wildman–Crippen MR) is 53.0 cm³/mol. The zero-order valence-corrected chi connectivity index (χ0v) is 8.71. The van der Waals surface area contributed by atoms with E-state index < -0.39 is 42.4 Å². The van der Waals surface area contributed by atoms with Crippen LogP contribution < -0.4 is 16.8 Å². The van der Waals surface area contributed by atoms with Gasteiger partial charge >= 0.3 is 5.97 Å². The monoisotopic (exact) mass is 233 g/mol. The first-order valence-corrected chi connectivity index (χ1v) is 4.50. The molecule has 0 aromatic heterocycles. The van der Waals surface area contributed by atoms with E-state index in [2.05, 4.69) is 0 Å². The minimum absolute atomic E-state index is 0.391. The van der Waals surface area contributed by atoms with Crippen LogP contribution >= 0.6 is 0 Å². The molecule has 7 N–H and O–H groups in total. The molecule has 0 saturated carbocycles. The highest BCUT2D eigenvalue weighted by molar-refractivity contribution is 5.90. The zero-order chi connectivity index (χ0) is 12.9. The van der Waals surface area contributed by atoms with E-state index in [9.17, 15) is 14.4 Å². The molecule has 0 aliphatic carbocycles. The Hall–Kier alpha value is -1.67. The van der Waals surface area contributed by atoms with Gasteiger partial charge in [-0.2, -0.15) is 0 Å². The number of carboxylic acid groups (broad SMARTS) is 1. The predicted octanol–water partition coefficient (Wildman–Crippen LogP) is -2.86.